The van der Waals surface area contributed by atoms with E-state index in [0.29, 0.717) is 25.4 Å². The van der Waals surface area contributed by atoms with Crippen molar-refractivity contribution >= 4 is 24.6 Å². The second-order valence-electron chi connectivity index (χ2n) is 11.8. The van der Waals surface area contributed by atoms with Gasteiger partial charge in [0.2, 0.25) is 5.91 Å². The van der Waals surface area contributed by atoms with Gasteiger partial charge in [-0.25, -0.2) is 9.78 Å². The zero-order chi connectivity index (χ0) is 28.5. The highest BCUT2D eigenvalue weighted by atomic mass is 16.7. The van der Waals surface area contributed by atoms with Crippen LogP contribution in [0.2, 0.25) is 0 Å². The first kappa shape index (κ1) is 29.1. The van der Waals surface area contributed by atoms with Crippen LogP contribution in [0.25, 0.3) is 11.3 Å². The highest BCUT2D eigenvalue weighted by Crippen LogP contribution is 2.37. The lowest BCUT2D eigenvalue weighted by atomic mass is 9.79. The number of benzene rings is 1. The number of methoxy groups -OCH3 is 2. The van der Waals surface area contributed by atoms with E-state index in [4.69, 9.17) is 18.8 Å². The molecule has 3 unspecified atom stereocenters. The minimum atomic E-state index is -0.710. The fraction of sp³-hybridized carbons (Fsp3) is 0.607. The number of imidazole rings is 1. The molecule has 212 valence electrons. The van der Waals surface area contributed by atoms with E-state index in [0.717, 1.165) is 16.7 Å². The molecule has 0 bridgehead atoms. The summed E-state index contributed by atoms with van der Waals surface area (Å²) in [5.41, 5.74) is 1.96. The maximum atomic E-state index is 13.7. The van der Waals surface area contributed by atoms with Crippen LogP contribution in [0.15, 0.2) is 30.5 Å². The lowest BCUT2D eigenvalue weighted by Gasteiger charge is -2.32. The summed E-state index contributed by atoms with van der Waals surface area (Å²) in [7, 11) is 2.52. The van der Waals surface area contributed by atoms with Crippen molar-refractivity contribution in [2.75, 3.05) is 27.4 Å². The Morgan fingerprint density at radius 1 is 1.15 bits per heavy atom. The van der Waals surface area contributed by atoms with Gasteiger partial charge in [-0.15, -0.1) is 0 Å². The summed E-state index contributed by atoms with van der Waals surface area (Å²) in [5.74, 6) is 0.576. The summed E-state index contributed by atoms with van der Waals surface area (Å²) in [6.07, 6.45) is 1.87. The average molecular weight is 540 g/mol. The SMILES string of the molecule is COCC1CC(c2ncc(-c3ccc(B4OC(C)(C)C(C)(C)O4)cc3)[nH]2)N(C(=O)C(NC(=O)OC)C(C)C)C1. The summed E-state index contributed by atoms with van der Waals surface area (Å²) < 4.78 is 22.5. The molecule has 1 aromatic heterocycles. The summed E-state index contributed by atoms with van der Waals surface area (Å²) in [5, 5.41) is 2.70. The summed E-state index contributed by atoms with van der Waals surface area (Å²) in [4.78, 5) is 35.5. The Bertz CT molecular complexity index is 1150. The third kappa shape index (κ3) is 6.00. The fourth-order valence-electron chi connectivity index (χ4n) is 5.11. The lowest BCUT2D eigenvalue weighted by Crippen LogP contribution is -2.51. The van der Waals surface area contributed by atoms with Gasteiger partial charge in [0.15, 0.2) is 0 Å². The molecule has 2 aromatic rings. The minimum absolute atomic E-state index is 0.117. The Hall–Kier alpha value is -2.89. The summed E-state index contributed by atoms with van der Waals surface area (Å²) in [6, 6.07) is 7.05. The molecular weight excluding hydrogens is 499 g/mol. The number of aromatic amines is 1. The Balaban J connectivity index is 1.54. The number of ether oxygens (including phenoxy) is 2. The normalized spacial score (nSPS) is 22.8. The average Bonchev–Trinajstić information content (AvgIpc) is 3.58. The Kier molecular flexibility index (Phi) is 8.44. The van der Waals surface area contributed by atoms with E-state index in [1.807, 2.05) is 65.8 Å². The third-order valence-corrected chi connectivity index (χ3v) is 8.12. The van der Waals surface area contributed by atoms with Gasteiger partial charge in [-0.05, 0) is 51.1 Å². The van der Waals surface area contributed by atoms with Gasteiger partial charge in [-0.1, -0.05) is 38.1 Å². The molecule has 39 heavy (non-hydrogen) atoms. The van der Waals surface area contributed by atoms with Crippen LogP contribution in [0, 0.1) is 11.8 Å². The maximum Gasteiger partial charge on any atom is 0.494 e. The predicted octanol–water partition coefficient (Wildman–Crippen LogP) is 3.29. The fourth-order valence-corrected chi connectivity index (χ4v) is 5.11. The van der Waals surface area contributed by atoms with Gasteiger partial charge in [0.1, 0.15) is 11.9 Å². The highest BCUT2D eigenvalue weighted by Gasteiger charge is 2.51. The molecule has 11 heteroatoms. The molecule has 3 atom stereocenters. The van der Waals surface area contributed by atoms with Crippen LogP contribution in [-0.2, 0) is 23.6 Å². The molecule has 2 aliphatic rings. The molecule has 1 aromatic carbocycles. The topological polar surface area (TPSA) is 115 Å². The molecule has 10 nitrogen and oxygen atoms in total. The highest BCUT2D eigenvalue weighted by molar-refractivity contribution is 6.62. The zero-order valence-corrected chi connectivity index (χ0v) is 24.2. The Morgan fingerprint density at radius 2 is 1.79 bits per heavy atom. The molecule has 0 spiro atoms. The van der Waals surface area contributed by atoms with Crippen molar-refractivity contribution in [1.82, 2.24) is 20.2 Å². The number of hydrogen-bond acceptors (Lipinski definition) is 7. The minimum Gasteiger partial charge on any atom is -0.453 e. The van der Waals surface area contributed by atoms with E-state index in [1.165, 1.54) is 7.11 Å². The number of carbonyl (C=O) groups is 2. The van der Waals surface area contributed by atoms with Crippen molar-refractivity contribution < 1.29 is 28.4 Å². The molecule has 0 aliphatic carbocycles. The van der Waals surface area contributed by atoms with Crippen LogP contribution in [0.1, 0.15) is 59.8 Å². The second kappa shape index (κ2) is 11.3. The first-order valence-electron chi connectivity index (χ1n) is 13.5. The van der Waals surface area contributed by atoms with E-state index in [2.05, 4.69) is 15.3 Å². The predicted molar refractivity (Wildman–Crippen MR) is 148 cm³/mol. The molecule has 3 heterocycles. The molecule has 2 saturated heterocycles. The van der Waals surface area contributed by atoms with E-state index in [1.54, 1.807) is 18.2 Å². The second-order valence-corrected chi connectivity index (χ2v) is 11.8. The number of hydrogen-bond donors (Lipinski definition) is 2. The van der Waals surface area contributed by atoms with Gasteiger partial charge in [0, 0.05) is 19.6 Å². The molecule has 2 N–H and O–H groups in total. The standard InChI is InChI=1S/C28H41BN4O6/c1-17(2)23(32-26(35)37-8)25(34)33-15-18(16-36-7)13-22(33)24-30-14-21(31-24)19-9-11-20(12-10-19)29-38-27(3,4)28(5,6)39-29/h9-12,14,17-18,22-23H,13,15-16H2,1-8H3,(H,30,31)(H,32,35). The molecule has 2 amide bonds. The van der Waals surface area contributed by atoms with Gasteiger partial charge >= 0.3 is 13.2 Å². The third-order valence-electron chi connectivity index (χ3n) is 8.12. The van der Waals surface area contributed by atoms with Crippen molar-refractivity contribution in [3.8, 4) is 11.3 Å². The van der Waals surface area contributed by atoms with Gasteiger partial charge in [0.05, 0.1) is 42.9 Å². The molecule has 2 aliphatic heterocycles. The molecule has 0 saturated carbocycles. The first-order valence-corrected chi connectivity index (χ1v) is 13.5. The van der Waals surface area contributed by atoms with E-state index < -0.39 is 30.5 Å². The summed E-state index contributed by atoms with van der Waals surface area (Å²) >= 11 is 0. The van der Waals surface area contributed by atoms with Crippen LogP contribution in [0.5, 0.6) is 0 Å². The summed E-state index contributed by atoms with van der Waals surface area (Å²) in [6.45, 7) is 13.0. The van der Waals surface area contributed by atoms with Gasteiger partial charge in [-0.2, -0.15) is 0 Å². The number of aromatic nitrogens is 2. The number of amides is 2. The van der Waals surface area contributed by atoms with Gasteiger partial charge in [-0.3, -0.25) is 4.79 Å². The molecule has 0 radical (unpaired) electrons. The van der Waals surface area contributed by atoms with Gasteiger partial charge in [0.25, 0.3) is 0 Å². The number of likely N-dealkylation sites (tertiary alicyclic amines) is 1. The lowest BCUT2D eigenvalue weighted by molar-refractivity contribution is -0.135. The van der Waals surface area contributed by atoms with Crippen molar-refractivity contribution in [3.05, 3.63) is 36.3 Å². The molecule has 4 rings (SSSR count). The Morgan fingerprint density at radius 3 is 2.36 bits per heavy atom. The van der Waals surface area contributed by atoms with Crippen LogP contribution in [0.3, 0.4) is 0 Å². The maximum absolute atomic E-state index is 13.7. The van der Waals surface area contributed by atoms with Crippen LogP contribution >= 0.6 is 0 Å². The Labute approximate surface area is 231 Å². The largest absolute Gasteiger partial charge is 0.494 e. The quantitative estimate of drug-likeness (QED) is 0.494. The number of nitrogens with zero attached hydrogens (tertiary/aromatic N) is 2. The van der Waals surface area contributed by atoms with Crippen molar-refractivity contribution in [2.45, 2.75) is 71.2 Å². The first-order chi connectivity index (χ1) is 18.4. The molecular formula is C28H41BN4O6. The van der Waals surface area contributed by atoms with Crippen LogP contribution in [-0.4, -0.2) is 78.6 Å². The van der Waals surface area contributed by atoms with Crippen molar-refractivity contribution in [3.63, 3.8) is 0 Å². The van der Waals surface area contributed by atoms with Gasteiger partial charge < -0.3 is 34.0 Å². The number of nitrogens with one attached hydrogen (secondary N) is 2. The van der Waals surface area contributed by atoms with Crippen LogP contribution in [0.4, 0.5) is 4.79 Å². The number of carbonyl (C=O) groups excluding carboxylic acids is 2. The molecule has 2 fully saturated rings. The van der Waals surface area contributed by atoms with Crippen molar-refractivity contribution in [1.29, 1.82) is 0 Å². The number of alkyl carbamates (subject to hydrolysis) is 1. The van der Waals surface area contributed by atoms with E-state index in [9.17, 15) is 9.59 Å². The van der Waals surface area contributed by atoms with E-state index in [-0.39, 0.29) is 23.8 Å². The smallest absolute Gasteiger partial charge is 0.453 e. The van der Waals surface area contributed by atoms with Crippen LogP contribution < -0.4 is 10.8 Å². The van der Waals surface area contributed by atoms with Crippen molar-refractivity contribution in [2.24, 2.45) is 11.8 Å². The zero-order valence-electron chi connectivity index (χ0n) is 24.2. The number of H-pyrrole nitrogens is 1. The van der Waals surface area contributed by atoms with E-state index >= 15 is 0 Å². The number of rotatable bonds is 8. The monoisotopic (exact) mass is 540 g/mol.